The summed E-state index contributed by atoms with van der Waals surface area (Å²) in [6, 6.07) is 6.81. The molecule has 1 saturated heterocycles. The van der Waals surface area contributed by atoms with E-state index in [1.54, 1.807) is 0 Å². The Morgan fingerprint density at radius 2 is 1.84 bits per heavy atom. The lowest BCUT2D eigenvalue weighted by Crippen LogP contribution is -2.54. The first-order chi connectivity index (χ1) is 9.22. The lowest BCUT2D eigenvalue weighted by molar-refractivity contribution is 0.139. The molecule has 1 aromatic carbocycles. The Hall–Kier alpha value is -0.280. The van der Waals surface area contributed by atoms with E-state index < -0.39 is 0 Å². The Balaban J connectivity index is 1.57. The molecule has 4 heteroatoms. The smallest absolute Gasteiger partial charge is 0.0480 e. The zero-order chi connectivity index (χ0) is 13.0. The Bertz CT molecular complexity index is 505. The van der Waals surface area contributed by atoms with Crippen LogP contribution in [0.3, 0.4) is 0 Å². The molecule has 3 aliphatic rings. The van der Waals surface area contributed by atoms with Gasteiger partial charge in [0.1, 0.15) is 0 Å². The van der Waals surface area contributed by atoms with Gasteiger partial charge in [-0.25, -0.2) is 5.43 Å². The summed E-state index contributed by atoms with van der Waals surface area (Å²) < 4.78 is 0. The molecular weight excluding hydrogens is 279 g/mol. The number of hydrogen-bond donors (Lipinski definition) is 2. The standard InChI is InChI=1S/C15H18Cl2N2/c16-10-3-4-11(13(17)6-10)14-7-12-8-1-2-9(5-8)15(12)19-18-14/h3-4,6,8-9,12,14-15,18-19H,1-2,5,7H2. The molecule has 19 heavy (non-hydrogen) atoms. The molecule has 2 aliphatic carbocycles. The minimum atomic E-state index is 0.311. The summed E-state index contributed by atoms with van der Waals surface area (Å²) in [6.07, 6.45) is 5.45. The molecule has 1 aromatic rings. The van der Waals surface area contributed by atoms with Gasteiger partial charge in [0.15, 0.2) is 0 Å². The molecule has 2 N–H and O–H groups in total. The van der Waals surface area contributed by atoms with Crippen LogP contribution in [0, 0.1) is 17.8 Å². The summed E-state index contributed by atoms with van der Waals surface area (Å²) in [5.74, 6) is 2.64. The molecule has 102 valence electrons. The van der Waals surface area contributed by atoms with Crippen molar-refractivity contribution in [3.8, 4) is 0 Å². The first-order valence-corrected chi connectivity index (χ1v) is 7.94. The van der Waals surface area contributed by atoms with Crippen molar-refractivity contribution in [2.24, 2.45) is 17.8 Å². The van der Waals surface area contributed by atoms with Crippen LogP contribution in [-0.2, 0) is 0 Å². The molecule has 2 saturated carbocycles. The average Bonchev–Trinajstić information content (AvgIpc) is 3.00. The highest BCUT2D eigenvalue weighted by atomic mass is 35.5. The van der Waals surface area contributed by atoms with Crippen LogP contribution in [0.25, 0.3) is 0 Å². The van der Waals surface area contributed by atoms with Crippen LogP contribution in [0.1, 0.15) is 37.3 Å². The zero-order valence-electron chi connectivity index (χ0n) is 10.7. The highest BCUT2D eigenvalue weighted by Crippen LogP contribution is 2.52. The third-order valence-electron chi connectivity index (χ3n) is 5.36. The quantitative estimate of drug-likeness (QED) is 0.820. The van der Waals surface area contributed by atoms with Gasteiger partial charge in [-0.1, -0.05) is 29.3 Å². The van der Waals surface area contributed by atoms with Gasteiger partial charge >= 0.3 is 0 Å². The van der Waals surface area contributed by atoms with Crippen molar-refractivity contribution < 1.29 is 0 Å². The van der Waals surface area contributed by atoms with E-state index in [1.807, 2.05) is 12.1 Å². The van der Waals surface area contributed by atoms with E-state index in [0.717, 1.165) is 22.8 Å². The van der Waals surface area contributed by atoms with Crippen LogP contribution in [0.5, 0.6) is 0 Å². The third kappa shape index (κ3) is 2.01. The normalized spacial score (nSPS) is 40.4. The van der Waals surface area contributed by atoms with Gasteiger partial charge in [0.25, 0.3) is 0 Å². The molecule has 0 amide bonds. The van der Waals surface area contributed by atoms with Crippen molar-refractivity contribution in [3.63, 3.8) is 0 Å². The summed E-state index contributed by atoms with van der Waals surface area (Å²) in [6.45, 7) is 0. The first kappa shape index (κ1) is 12.5. The van der Waals surface area contributed by atoms with E-state index >= 15 is 0 Å². The lowest BCUT2D eigenvalue weighted by atomic mass is 9.78. The maximum absolute atomic E-state index is 6.33. The number of hydrazine groups is 1. The maximum Gasteiger partial charge on any atom is 0.0480 e. The Morgan fingerprint density at radius 3 is 2.68 bits per heavy atom. The highest BCUT2D eigenvalue weighted by molar-refractivity contribution is 6.35. The van der Waals surface area contributed by atoms with Gasteiger partial charge in [0, 0.05) is 22.1 Å². The van der Waals surface area contributed by atoms with Crippen molar-refractivity contribution in [1.29, 1.82) is 0 Å². The zero-order valence-corrected chi connectivity index (χ0v) is 12.2. The van der Waals surface area contributed by atoms with Gasteiger partial charge in [0.2, 0.25) is 0 Å². The van der Waals surface area contributed by atoms with Crippen molar-refractivity contribution in [2.75, 3.05) is 0 Å². The fraction of sp³-hybridized carbons (Fsp3) is 0.600. The minimum Gasteiger partial charge on any atom is -0.254 e. The highest BCUT2D eigenvalue weighted by Gasteiger charge is 2.49. The number of hydrogen-bond acceptors (Lipinski definition) is 2. The van der Waals surface area contributed by atoms with Gasteiger partial charge < -0.3 is 0 Å². The summed E-state index contributed by atoms with van der Waals surface area (Å²) in [7, 11) is 0. The van der Waals surface area contributed by atoms with Crippen molar-refractivity contribution in [3.05, 3.63) is 33.8 Å². The van der Waals surface area contributed by atoms with Crippen LogP contribution in [0.4, 0.5) is 0 Å². The molecule has 3 fully saturated rings. The van der Waals surface area contributed by atoms with E-state index in [-0.39, 0.29) is 0 Å². The molecule has 4 rings (SSSR count). The molecule has 5 unspecified atom stereocenters. The molecule has 0 spiro atoms. The van der Waals surface area contributed by atoms with Crippen molar-refractivity contribution >= 4 is 23.2 Å². The van der Waals surface area contributed by atoms with Gasteiger partial charge in [-0.15, -0.1) is 0 Å². The van der Waals surface area contributed by atoms with Crippen LogP contribution in [-0.4, -0.2) is 6.04 Å². The SMILES string of the molecule is Clc1ccc(C2CC3C4CCC(C4)C3NN2)c(Cl)c1. The molecule has 2 nitrogen and oxygen atoms in total. The number of nitrogens with one attached hydrogen (secondary N) is 2. The average molecular weight is 297 g/mol. The monoisotopic (exact) mass is 296 g/mol. The fourth-order valence-corrected chi connectivity index (χ4v) is 5.03. The van der Waals surface area contributed by atoms with Gasteiger partial charge in [-0.05, 0) is 61.1 Å². The summed E-state index contributed by atoms with van der Waals surface area (Å²) >= 11 is 12.3. The second-order valence-electron chi connectivity index (χ2n) is 6.27. The maximum atomic E-state index is 6.33. The second-order valence-corrected chi connectivity index (χ2v) is 7.11. The van der Waals surface area contributed by atoms with Gasteiger partial charge in [0.05, 0.1) is 0 Å². The van der Waals surface area contributed by atoms with Crippen molar-refractivity contribution in [1.82, 2.24) is 10.9 Å². The van der Waals surface area contributed by atoms with Crippen LogP contribution >= 0.6 is 23.2 Å². The topological polar surface area (TPSA) is 24.1 Å². The van der Waals surface area contributed by atoms with Crippen LogP contribution < -0.4 is 10.9 Å². The Kier molecular flexibility index (Phi) is 3.03. The molecule has 1 aliphatic heterocycles. The largest absolute Gasteiger partial charge is 0.254 e. The summed E-state index contributed by atoms with van der Waals surface area (Å²) in [4.78, 5) is 0. The fourth-order valence-electron chi connectivity index (χ4n) is 4.49. The van der Waals surface area contributed by atoms with E-state index in [4.69, 9.17) is 23.2 Å². The van der Waals surface area contributed by atoms with E-state index in [1.165, 1.54) is 31.2 Å². The second kappa shape index (κ2) is 4.63. The minimum absolute atomic E-state index is 0.311. The lowest BCUT2D eigenvalue weighted by Gasteiger charge is -2.40. The van der Waals surface area contributed by atoms with Crippen LogP contribution in [0.2, 0.25) is 10.0 Å². The predicted octanol–water partition coefficient (Wildman–Crippen LogP) is 3.95. The predicted molar refractivity (Wildman–Crippen MR) is 78.2 cm³/mol. The molecule has 0 radical (unpaired) electrons. The van der Waals surface area contributed by atoms with Crippen LogP contribution in [0.15, 0.2) is 18.2 Å². The van der Waals surface area contributed by atoms with E-state index in [0.29, 0.717) is 17.1 Å². The number of benzene rings is 1. The van der Waals surface area contributed by atoms with Crippen molar-refractivity contribution in [2.45, 2.75) is 37.8 Å². The summed E-state index contributed by atoms with van der Waals surface area (Å²) in [5.41, 5.74) is 8.20. The Labute approximate surface area is 123 Å². The van der Waals surface area contributed by atoms with E-state index in [2.05, 4.69) is 16.9 Å². The number of rotatable bonds is 1. The van der Waals surface area contributed by atoms with Gasteiger partial charge in [-0.3, -0.25) is 5.43 Å². The molecule has 1 heterocycles. The Morgan fingerprint density at radius 1 is 1.00 bits per heavy atom. The number of fused-ring (bicyclic) bond motifs is 5. The van der Waals surface area contributed by atoms with Gasteiger partial charge in [-0.2, -0.15) is 0 Å². The summed E-state index contributed by atoms with van der Waals surface area (Å²) in [5, 5.41) is 1.48. The first-order valence-electron chi connectivity index (χ1n) is 7.18. The number of halogens is 2. The molecule has 5 atom stereocenters. The molecular formula is C15H18Cl2N2. The molecule has 0 aromatic heterocycles. The van der Waals surface area contributed by atoms with E-state index in [9.17, 15) is 0 Å². The molecule has 2 bridgehead atoms. The third-order valence-corrected chi connectivity index (χ3v) is 5.92.